The van der Waals surface area contributed by atoms with Gasteiger partial charge in [-0.3, -0.25) is 9.20 Å². The van der Waals surface area contributed by atoms with Crippen LogP contribution >= 0.6 is 22.9 Å². The Labute approximate surface area is 218 Å². The molecule has 37 heavy (non-hydrogen) atoms. The molecule has 3 aromatic rings. The van der Waals surface area contributed by atoms with E-state index >= 15 is 0 Å². The second-order valence-corrected chi connectivity index (χ2v) is 11.7. The minimum Gasteiger partial charge on any atom is -0.483 e. The molecule has 202 valence electrons. The standard InChI is InChI=1S/C19H21ClF3N7O2S2.CH2O2/c1-28-4-6-29(7-5-28)12-8-11(34(31,32)27-19(10-21)2-3-19)9-30-13(12)14(20)24-16(30)18-26-25-17(33-18)15(22)23;2-1-3/h8-9,15,27H,2-7,10H2,1H3;1H,(H,2,3). The number of hydrogen-bond donors (Lipinski definition) is 2. The Balaban J connectivity index is 0.00000102. The number of carbonyl (C=O) groups is 1. The smallest absolute Gasteiger partial charge is 0.291 e. The first-order chi connectivity index (χ1) is 17.5. The fraction of sp³-hybridized carbons (Fsp3) is 0.500. The molecule has 0 spiro atoms. The van der Waals surface area contributed by atoms with Crippen molar-refractivity contribution in [3.8, 4) is 10.8 Å². The van der Waals surface area contributed by atoms with Crippen LogP contribution in [0.15, 0.2) is 17.2 Å². The van der Waals surface area contributed by atoms with Crippen molar-refractivity contribution in [2.24, 2.45) is 0 Å². The van der Waals surface area contributed by atoms with Gasteiger partial charge >= 0.3 is 0 Å². The molecule has 1 saturated heterocycles. The van der Waals surface area contributed by atoms with Crippen LogP contribution in [0.4, 0.5) is 18.9 Å². The Bertz CT molecular complexity index is 1390. The molecule has 11 nitrogen and oxygen atoms in total. The highest BCUT2D eigenvalue weighted by molar-refractivity contribution is 7.89. The quantitative estimate of drug-likeness (QED) is 0.404. The fourth-order valence-corrected chi connectivity index (χ4v) is 6.30. The van der Waals surface area contributed by atoms with Crippen LogP contribution in [0.3, 0.4) is 0 Å². The Morgan fingerprint density at radius 3 is 2.46 bits per heavy atom. The number of pyridine rings is 1. The molecule has 2 fully saturated rings. The fourth-order valence-electron chi connectivity index (χ4n) is 3.88. The lowest BCUT2D eigenvalue weighted by atomic mass is 10.2. The molecule has 1 saturated carbocycles. The third-order valence-corrected chi connectivity index (χ3v) is 8.82. The zero-order chi connectivity index (χ0) is 27.0. The number of piperazine rings is 1. The number of hydrogen-bond acceptors (Lipinski definition) is 9. The number of anilines is 1. The Morgan fingerprint density at radius 1 is 1.27 bits per heavy atom. The summed E-state index contributed by atoms with van der Waals surface area (Å²) in [6, 6.07) is 1.50. The molecular weight excluding hydrogens is 559 g/mol. The minimum absolute atomic E-state index is 0.0754. The molecule has 2 aliphatic rings. The van der Waals surface area contributed by atoms with E-state index in [2.05, 4.69) is 24.8 Å². The van der Waals surface area contributed by atoms with Crippen LogP contribution in [-0.2, 0) is 14.8 Å². The van der Waals surface area contributed by atoms with Gasteiger partial charge in [0.2, 0.25) is 10.0 Å². The number of nitrogens with zero attached hydrogens (tertiary/aromatic N) is 6. The normalized spacial score (nSPS) is 17.6. The molecule has 0 atom stereocenters. The number of sulfonamides is 1. The lowest BCUT2D eigenvalue weighted by Gasteiger charge is -2.34. The molecule has 0 bridgehead atoms. The maximum absolute atomic E-state index is 13.4. The van der Waals surface area contributed by atoms with E-state index in [4.69, 9.17) is 21.5 Å². The number of alkyl halides is 3. The van der Waals surface area contributed by atoms with Gasteiger partial charge in [-0.1, -0.05) is 22.9 Å². The summed E-state index contributed by atoms with van der Waals surface area (Å²) in [5.41, 5.74) is -0.119. The largest absolute Gasteiger partial charge is 0.483 e. The molecule has 0 unspecified atom stereocenters. The van der Waals surface area contributed by atoms with Gasteiger partial charge in [-0.2, -0.15) is 0 Å². The van der Waals surface area contributed by atoms with E-state index in [1.165, 1.54) is 16.7 Å². The van der Waals surface area contributed by atoms with Crippen molar-refractivity contribution in [2.45, 2.75) is 29.7 Å². The van der Waals surface area contributed by atoms with E-state index < -0.39 is 33.7 Å². The van der Waals surface area contributed by atoms with Gasteiger partial charge in [0.05, 0.1) is 11.2 Å². The number of nitrogens with one attached hydrogen (secondary N) is 1. The maximum atomic E-state index is 13.4. The van der Waals surface area contributed by atoms with E-state index in [0.29, 0.717) is 48.5 Å². The molecule has 4 heterocycles. The zero-order valence-electron chi connectivity index (χ0n) is 19.4. The Morgan fingerprint density at radius 2 is 1.92 bits per heavy atom. The number of fused-ring (bicyclic) bond motifs is 1. The van der Waals surface area contributed by atoms with E-state index in [9.17, 15) is 21.6 Å². The highest BCUT2D eigenvalue weighted by Crippen LogP contribution is 2.39. The van der Waals surface area contributed by atoms with Crippen molar-refractivity contribution < 1.29 is 31.5 Å². The zero-order valence-corrected chi connectivity index (χ0v) is 21.8. The molecule has 5 rings (SSSR count). The van der Waals surface area contributed by atoms with Gasteiger partial charge in [-0.05, 0) is 26.0 Å². The summed E-state index contributed by atoms with van der Waals surface area (Å²) in [6.45, 7) is 1.67. The van der Waals surface area contributed by atoms with Crippen molar-refractivity contribution in [1.82, 2.24) is 29.2 Å². The first kappa shape index (κ1) is 27.5. The van der Waals surface area contributed by atoms with E-state index in [-0.39, 0.29) is 27.4 Å². The van der Waals surface area contributed by atoms with Crippen molar-refractivity contribution in [3.05, 3.63) is 22.4 Å². The summed E-state index contributed by atoms with van der Waals surface area (Å²) in [5.74, 6) is 0.100. The predicted octanol–water partition coefficient (Wildman–Crippen LogP) is 2.68. The van der Waals surface area contributed by atoms with Crippen LogP contribution in [-0.4, -0.2) is 89.9 Å². The molecule has 1 aliphatic heterocycles. The van der Waals surface area contributed by atoms with Crippen LogP contribution in [0, 0.1) is 0 Å². The highest BCUT2D eigenvalue weighted by Gasteiger charge is 2.46. The highest BCUT2D eigenvalue weighted by atomic mass is 35.5. The van der Waals surface area contributed by atoms with Crippen LogP contribution in [0.5, 0.6) is 0 Å². The number of likely N-dealkylation sites (N-methyl/N-ethyl adjacent to an activating group) is 1. The summed E-state index contributed by atoms with van der Waals surface area (Å²) < 4.78 is 70.0. The van der Waals surface area contributed by atoms with Gasteiger partial charge in [0.1, 0.15) is 17.1 Å². The van der Waals surface area contributed by atoms with Crippen molar-refractivity contribution >= 4 is 50.6 Å². The summed E-state index contributed by atoms with van der Waals surface area (Å²) >= 11 is 7.13. The van der Waals surface area contributed by atoms with Crippen molar-refractivity contribution in [3.63, 3.8) is 0 Å². The number of aromatic nitrogens is 4. The number of carboxylic acid groups (broad SMARTS) is 1. The summed E-state index contributed by atoms with van der Waals surface area (Å²) in [7, 11) is -2.11. The van der Waals surface area contributed by atoms with Crippen molar-refractivity contribution in [2.75, 3.05) is 44.8 Å². The predicted molar refractivity (Wildman–Crippen MR) is 131 cm³/mol. The van der Waals surface area contributed by atoms with Gasteiger partial charge in [-0.15, -0.1) is 10.2 Å². The lowest BCUT2D eigenvalue weighted by molar-refractivity contribution is -0.122. The number of halogens is 4. The maximum Gasteiger partial charge on any atom is 0.291 e. The average Bonchev–Trinajstić information content (AvgIpc) is 3.29. The SMILES string of the molecule is CN1CCN(c2cc(S(=O)(=O)NC3(CF)CC3)cn3c(-c4nnc(C(F)F)s4)nc(Cl)c23)CC1.O=CO. The molecule has 1 aliphatic carbocycles. The first-order valence-electron chi connectivity index (χ1n) is 11.0. The number of imidazole rings is 1. The molecule has 0 amide bonds. The molecule has 3 aromatic heterocycles. The Hall–Kier alpha value is -2.53. The van der Waals surface area contributed by atoms with Crippen LogP contribution in [0.1, 0.15) is 24.3 Å². The molecule has 17 heteroatoms. The number of rotatable bonds is 7. The first-order valence-corrected chi connectivity index (χ1v) is 13.7. The van der Waals surface area contributed by atoms with Crippen LogP contribution in [0.2, 0.25) is 5.15 Å². The van der Waals surface area contributed by atoms with E-state index in [1.807, 2.05) is 11.9 Å². The summed E-state index contributed by atoms with van der Waals surface area (Å²) in [5, 5.41) is 13.9. The second-order valence-electron chi connectivity index (χ2n) is 8.67. The van der Waals surface area contributed by atoms with E-state index in [1.54, 1.807) is 0 Å². The van der Waals surface area contributed by atoms with Gasteiger partial charge in [-0.25, -0.2) is 31.3 Å². The van der Waals surface area contributed by atoms with E-state index in [0.717, 1.165) is 13.1 Å². The topological polar surface area (TPSA) is 133 Å². The van der Waals surface area contributed by atoms with Crippen LogP contribution < -0.4 is 9.62 Å². The van der Waals surface area contributed by atoms with Crippen molar-refractivity contribution in [1.29, 1.82) is 0 Å². The lowest BCUT2D eigenvalue weighted by Crippen LogP contribution is -2.44. The Kier molecular flexibility index (Phi) is 7.94. The van der Waals surface area contributed by atoms with Gasteiger partial charge < -0.3 is 14.9 Å². The minimum atomic E-state index is -4.10. The van der Waals surface area contributed by atoms with Gasteiger partial charge in [0.15, 0.2) is 21.0 Å². The van der Waals surface area contributed by atoms with Gasteiger partial charge in [0.25, 0.3) is 12.9 Å². The molecule has 0 aromatic carbocycles. The van der Waals surface area contributed by atoms with Gasteiger partial charge in [0, 0.05) is 32.4 Å². The summed E-state index contributed by atoms with van der Waals surface area (Å²) in [6.07, 6.45) is -0.660. The monoisotopic (exact) mass is 581 g/mol. The molecular formula is C20H23ClF3N7O4S2. The average molecular weight is 582 g/mol. The third-order valence-electron chi connectivity index (χ3n) is 6.08. The molecule has 2 N–H and O–H groups in total. The van der Waals surface area contributed by atoms with Crippen LogP contribution in [0.25, 0.3) is 16.3 Å². The summed E-state index contributed by atoms with van der Waals surface area (Å²) in [4.78, 5) is 16.7. The molecule has 0 radical (unpaired) electrons. The third kappa shape index (κ3) is 5.67. The second kappa shape index (κ2) is 10.7.